The Kier molecular flexibility index (Phi) is 4.32. The summed E-state index contributed by atoms with van der Waals surface area (Å²) in [5.74, 6) is 0. The summed E-state index contributed by atoms with van der Waals surface area (Å²) < 4.78 is 0. The fraction of sp³-hybridized carbons (Fsp3) is 0. The zero-order valence-electron chi connectivity index (χ0n) is 9.96. The molecule has 19 heavy (non-hydrogen) atoms. The van der Waals surface area contributed by atoms with E-state index in [9.17, 15) is 4.79 Å². The monoisotopic (exact) mass is 269 g/mol. The molecule has 2 aromatic rings. The zero-order chi connectivity index (χ0) is 13.5. The summed E-state index contributed by atoms with van der Waals surface area (Å²) >= 11 is 1.59. The molecular weight excluding hydrogens is 258 g/mol. The van der Waals surface area contributed by atoms with Gasteiger partial charge in [0.05, 0.1) is 11.6 Å². The van der Waals surface area contributed by atoms with Crippen LogP contribution in [0.25, 0.3) is 6.08 Å². The molecule has 0 unspecified atom stereocenters. The average molecular weight is 269 g/mol. The molecule has 1 aromatic carbocycles. The van der Waals surface area contributed by atoms with Crippen molar-refractivity contribution in [2.75, 3.05) is 5.32 Å². The predicted octanol–water partition coefficient (Wildman–Crippen LogP) is 3.41. The summed E-state index contributed by atoms with van der Waals surface area (Å²) in [6.07, 6.45) is 3.41. The third-order valence-corrected chi connectivity index (χ3v) is 3.11. The van der Waals surface area contributed by atoms with E-state index in [1.54, 1.807) is 41.8 Å². The minimum absolute atomic E-state index is 0.322. The zero-order valence-corrected chi connectivity index (χ0v) is 10.8. The highest BCUT2D eigenvalue weighted by Crippen LogP contribution is 2.10. The van der Waals surface area contributed by atoms with E-state index in [2.05, 4.69) is 10.6 Å². The fourth-order valence-electron chi connectivity index (χ4n) is 1.38. The average Bonchev–Trinajstić information content (AvgIpc) is 2.93. The number of carbonyl (C=O) groups is 1. The lowest BCUT2D eigenvalue weighted by atomic mass is 10.2. The lowest BCUT2D eigenvalue weighted by Crippen LogP contribution is -2.23. The number of urea groups is 1. The molecule has 0 bridgehead atoms. The smallest absolute Gasteiger partial charge is 0.314 e. The Hall–Kier alpha value is -2.58. The van der Waals surface area contributed by atoms with Gasteiger partial charge >= 0.3 is 6.03 Å². The van der Waals surface area contributed by atoms with Gasteiger partial charge in [-0.3, -0.25) is 0 Å². The summed E-state index contributed by atoms with van der Waals surface area (Å²) in [6.45, 7) is 0. The molecule has 0 fully saturated rings. The van der Waals surface area contributed by atoms with Gasteiger partial charge in [0.2, 0.25) is 0 Å². The Morgan fingerprint density at radius 1 is 1.26 bits per heavy atom. The number of thiophene rings is 1. The first-order chi connectivity index (χ1) is 9.28. The van der Waals surface area contributed by atoms with Crippen molar-refractivity contribution < 1.29 is 4.79 Å². The SMILES string of the molecule is N#Cc1ccc(NC(=O)N/C=C/c2cccs2)cc1. The van der Waals surface area contributed by atoms with E-state index in [0.717, 1.165) is 4.88 Å². The second kappa shape index (κ2) is 6.38. The largest absolute Gasteiger partial charge is 0.323 e. The van der Waals surface area contributed by atoms with Crippen molar-refractivity contribution in [3.05, 3.63) is 58.4 Å². The Labute approximate surface area is 115 Å². The number of hydrogen-bond donors (Lipinski definition) is 2. The number of anilines is 1. The van der Waals surface area contributed by atoms with Crippen molar-refractivity contribution in [1.29, 1.82) is 5.26 Å². The molecule has 2 N–H and O–H groups in total. The van der Waals surface area contributed by atoms with E-state index in [1.807, 2.05) is 29.7 Å². The predicted molar refractivity (Wildman–Crippen MR) is 76.7 cm³/mol. The number of nitrogens with zero attached hydrogens (tertiary/aromatic N) is 1. The molecule has 5 heteroatoms. The maximum Gasteiger partial charge on any atom is 0.323 e. The van der Waals surface area contributed by atoms with Crippen LogP contribution in [0.2, 0.25) is 0 Å². The Balaban J connectivity index is 1.85. The topological polar surface area (TPSA) is 64.9 Å². The third kappa shape index (κ3) is 3.98. The van der Waals surface area contributed by atoms with Crippen LogP contribution in [-0.4, -0.2) is 6.03 Å². The van der Waals surface area contributed by atoms with Crippen LogP contribution in [-0.2, 0) is 0 Å². The van der Waals surface area contributed by atoms with Crippen LogP contribution in [0, 0.1) is 11.3 Å². The highest BCUT2D eigenvalue weighted by atomic mass is 32.1. The van der Waals surface area contributed by atoms with Crippen molar-refractivity contribution in [2.45, 2.75) is 0 Å². The van der Waals surface area contributed by atoms with Gasteiger partial charge in [0.25, 0.3) is 0 Å². The maximum atomic E-state index is 11.6. The Morgan fingerprint density at radius 3 is 2.68 bits per heavy atom. The van der Waals surface area contributed by atoms with Crippen molar-refractivity contribution in [3.63, 3.8) is 0 Å². The summed E-state index contributed by atoms with van der Waals surface area (Å²) in [5, 5.41) is 15.9. The molecule has 1 heterocycles. The van der Waals surface area contributed by atoms with E-state index in [0.29, 0.717) is 11.3 Å². The van der Waals surface area contributed by atoms with Crippen LogP contribution in [0.3, 0.4) is 0 Å². The van der Waals surface area contributed by atoms with Crippen molar-refractivity contribution >= 4 is 29.1 Å². The van der Waals surface area contributed by atoms with Crippen molar-refractivity contribution in [1.82, 2.24) is 5.32 Å². The maximum absolute atomic E-state index is 11.6. The van der Waals surface area contributed by atoms with Crippen LogP contribution in [0.15, 0.2) is 48.0 Å². The molecule has 2 amide bonds. The number of benzene rings is 1. The highest BCUT2D eigenvalue weighted by Gasteiger charge is 1.99. The number of nitriles is 1. The van der Waals surface area contributed by atoms with E-state index in [4.69, 9.17) is 5.26 Å². The van der Waals surface area contributed by atoms with Crippen LogP contribution >= 0.6 is 11.3 Å². The lowest BCUT2D eigenvalue weighted by Gasteiger charge is -2.03. The van der Waals surface area contributed by atoms with E-state index < -0.39 is 0 Å². The Morgan fingerprint density at radius 2 is 2.05 bits per heavy atom. The summed E-state index contributed by atoms with van der Waals surface area (Å²) in [4.78, 5) is 12.6. The number of hydrogen-bond acceptors (Lipinski definition) is 3. The number of amides is 2. The molecular formula is C14H11N3OS. The van der Waals surface area contributed by atoms with E-state index in [1.165, 1.54) is 0 Å². The number of nitrogens with one attached hydrogen (secondary N) is 2. The molecule has 0 spiro atoms. The molecule has 0 aliphatic heterocycles. The molecule has 4 nitrogen and oxygen atoms in total. The first kappa shape index (κ1) is 12.9. The van der Waals surface area contributed by atoms with Gasteiger partial charge < -0.3 is 10.6 Å². The molecule has 0 radical (unpaired) electrons. The van der Waals surface area contributed by atoms with E-state index >= 15 is 0 Å². The van der Waals surface area contributed by atoms with Crippen LogP contribution < -0.4 is 10.6 Å². The summed E-state index contributed by atoms with van der Waals surface area (Å²) in [7, 11) is 0. The summed E-state index contributed by atoms with van der Waals surface area (Å²) in [5.41, 5.74) is 1.20. The van der Waals surface area contributed by atoms with E-state index in [-0.39, 0.29) is 6.03 Å². The van der Waals surface area contributed by atoms with Gasteiger partial charge in [-0.2, -0.15) is 5.26 Å². The Bertz CT molecular complexity index is 609. The second-order valence-electron chi connectivity index (χ2n) is 3.64. The second-order valence-corrected chi connectivity index (χ2v) is 4.62. The quantitative estimate of drug-likeness (QED) is 0.896. The first-order valence-corrected chi connectivity index (χ1v) is 6.43. The lowest BCUT2D eigenvalue weighted by molar-refractivity contribution is 0.255. The molecule has 0 aliphatic carbocycles. The minimum atomic E-state index is -0.322. The van der Waals surface area contributed by atoms with Gasteiger partial charge in [-0.05, 0) is 41.8 Å². The highest BCUT2D eigenvalue weighted by molar-refractivity contribution is 7.10. The molecule has 2 rings (SSSR count). The van der Waals surface area contributed by atoms with Gasteiger partial charge in [0, 0.05) is 16.8 Å². The van der Waals surface area contributed by atoms with Gasteiger partial charge in [-0.25, -0.2) is 4.79 Å². The molecule has 0 saturated heterocycles. The van der Waals surface area contributed by atoms with Crippen LogP contribution in [0.5, 0.6) is 0 Å². The van der Waals surface area contributed by atoms with Crippen molar-refractivity contribution in [3.8, 4) is 6.07 Å². The van der Waals surface area contributed by atoms with Gasteiger partial charge in [-0.1, -0.05) is 6.07 Å². The summed E-state index contributed by atoms with van der Waals surface area (Å²) in [6, 6.07) is 12.3. The molecule has 0 atom stereocenters. The molecule has 1 aromatic heterocycles. The third-order valence-electron chi connectivity index (χ3n) is 2.28. The van der Waals surface area contributed by atoms with Gasteiger partial charge in [0.15, 0.2) is 0 Å². The first-order valence-electron chi connectivity index (χ1n) is 5.55. The minimum Gasteiger partial charge on any atom is -0.314 e. The van der Waals surface area contributed by atoms with Crippen LogP contribution in [0.1, 0.15) is 10.4 Å². The molecule has 94 valence electrons. The number of carbonyl (C=O) groups excluding carboxylic acids is 1. The fourth-order valence-corrected chi connectivity index (χ4v) is 2.00. The normalized spacial score (nSPS) is 10.1. The standard InChI is InChI=1S/C14H11N3OS/c15-10-11-3-5-12(6-4-11)17-14(18)16-8-7-13-2-1-9-19-13/h1-9H,(H2,16,17,18)/b8-7+. The van der Waals surface area contributed by atoms with Crippen molar-refractivity contribution in [2.24, 2.45) is 0 Å². The molecule has 0 aliphatic rings. The number of rotatable bonds is 3. The van der Waals surface area contributed by atoms with Crippen LogP contribution in [0.4, 0.5) is 10.5 Å². The van der Waals surface area contributed by atoms with Gasteiger partial charge in [0.1, 0.15) is 0 Å². The molecule has 0 saturated carbocycles. The van der Waals surface area contributed by atoms with Gasteiger partial charge in [-0.15, -0.1) is 11.3 Å².